The number of carbonyl (C=O) groups is 1. The molecule has 0 spiro atoms. The van der Waals surface area contributed by atoms with E-state index in [1.165, 1.54) is 0 Å². The number of ether oxygens (including phenoxy) is 2. The predicted molar refractivity (Wildman–Crippen MR) is 90.5 cm³/mol. The maximum absolute atomic E-state index is 11.9. The van der Waals surface area contributed by atoms with Crippen LogP contribution in [-0.4, -0.2) is 24.7 Å². The van der Waals surface area contributed by atoms with Crippen LogP contribution in [0.1, 0.15) is 17.4 Å². The molecule has 0 aliphatic heterocycles. The summed E-state index contributed by atoms with van der Waals surface area (Å²) >= 11 is 0. The van der Waals surface area contributed by atoms with Gasteiger partial charge >= 0.3 is 5.97 Å². The van der Waals surface area contributed by atoms with Crippen molar-refractivity contribution in [3.05, 3.63) is 54.2 Å². The summed E-state index contributed by atoms with van der Waals surface area (Å²) in [5.74, 6) is 0.430. The van der Waals surface area contributed by atoms with Crippen molar-refractivity contribution < 1.29 is 14.3 Å². The molecule has 2 aromatic carbocycles. The average Bonchev–Trinajstić information content (AvgIpc) is 3.01. The molecule has 0 radical (unpaired) electrons. The van der Waals surface area contributed by atoms with E-state index in [1.54, 1.807) is 20.1 Å². The summed E-state index contributed by atoms with van der Waals surface area (Å²) in [6.45, 7) is 2.14. The molecule has 1 aromatic heterocycles. The Balaban J connectivity index is 1.95. The molecule has 2 N–H and O–H groups in total. The maximum atomic E-state index is 11.9. The van der Waals surface area contributed by atoms with Gasteiger partial charge in [-0.25, -0.2) is 4.79 Å². The number of fused-ring (bicyclic) bond motifs is 1. The minimum absolute atomic E-state index is 0.350. The van der Waals surface area contributed by atoms with Crippen LogP contribution in [0, 0.1) is 0 Å². The lowest BCUT2D eigenvalue weighted by molar-refractivity contribution is 0.0520. The molecule has 0 atom stereocenters. The third-order valence-electron chi connectivity index (χ3n) is 3.51. The van der Waals surface area contributed by atoms with Gasteiger partial charge in [-0.05, 0) is 37.3 Å². The van der Waals surface area contributed by atoms with Gasteiger partial charge in [0.2, 0.25) is 0 Å². The molecule has 0 bridgehead atoms. The Morgan fingerprint density at radius 3 is 2.78 bits per heavy atom. The molecule has 118 valence electrons. The molecule has 0 amide bonds. The van der Waals surface area contributed by atoms with Crippen LogP contribution in [0.2, 0.25) is 0 Å². The van der Waals surface area contributed by atoms with Crippen molar-refractivity contribution >= 4 is 28.2 Å². The summed E-state index contributed by atoms with van der Waals surface area (Å²) < 4.78 is 10.3. The average molecular weight is 310 g/mol. The van der Waals surface area contributed by atoms with Crippen molar-refractivity contribution in [2.24, 2.45) is 0 Å². The zero-order valence-electron chi connectivity index (χ0n) is 13.1. The largest absolute Gasteiger partial charge is 0.497 e. The van der Waals surface area contributed by atoms with Gasteiger partial charge in [-0.1, -0.05) is 12.1 Å². The topological polar surface area (TPSA) is 63.4 Å². The zero-order valence-corrected chi connectivity index (χ0v) is 13.1. The first-order chi connectivity index (χ1) is 11.2. The monoisotopic (exact) mass is 310 g/mol. The van der Waals surface area contributed by atoms with Crippen molar-refractivity contribution in [1.29, 1.82) is 0 Å². The lowest BCUT2D eigenvalue weighted by atomic mass is 10.2. The number of benzene rings is 2. The van der Waals surface area contributed by atoms with E-state index in [9.17, 15) is 4.79 Å². The van der Waals surface area contributed by atoms with Crippen LogP contribution >= 0.6 is 0 Å². The number of H-pyrrole nitrogens is 1. The molecule has 1 heterocycles. The third kappa shape index (κ3) is 3.13. The normalized spacial score (nSPS) is 10.5. The molecule has 3 aromatic rings. The number of aromatic amines is 1. The highest BCUT2D eigenvalue weighted by Gasteiger charge is 2.12. The van der Waals surface area contributed by atoms with Gasteiger partial charge in [0.25, 0.3) is 0 Å². The Morgan fingerprint density at radius 2 is 2.00 bits per heavy atom. The lowest BCUT2D eigenvalue weighted by Gasteiger charge is -2.09. The maximum Gasteiger partial charge on any atom is 0.354 e. The molecule has 0 fully saturated rings. The first-order valence-electron chi connectivity index (χ1n) is 7.41. The predicted octanol–water partition coefficient (Wildman–Crippen LogP) is 4.10. The molecule has 0 aliphatic rings. The number of rotatable bonds is 5. The molecular weight excluding hydrogens is 292 g/mol. The van der Waals surface area contributed by atoms with E-state index >= 15 is 0 Å². The van der Waals surface area contributed by atoms with E-state index in [2.05, 4.69) is 10.3 Å². The standard InChI is InChI=1S/C18H18N2O3/c1-3-23-18(21)17-11-14-15(8-5-9-16(14)20-17)19-12-6-4-7-13(10-12)22-2/h4-11,19-20H,3H2,1-2H3. The molecule has 23 heavy (non-hydrogen) atoms. The van der Waals surface area contributed by atoms with E-state index in [-0.39, 0.29) is 5.97 Å². The number of esters is 1. The lowest BCUT2D eigenvalue weighted by Crippen LogP contribution is -2.04. The van der Waals surface area contributed by atoms with Gasteiger partial charge in [-0.3, -0.25) is 0 Å². The first-order valence-corrected chi connectivity index (χ1v) is 7.41. The van der Waals surface area contributed by atoms with Crippen molar-refractivity contribution in [3.8, 4) is 5.75 Å². The zero-order chi connectivity index (χ0) is 16.2. The molecule has 3 rings (SSSR count). The van der Waals surface area contributed by atoms with Crippen molar-refractivity contribution in [1.82, 2.24) is 4.98 Å². The minimum atomic E-state index is -0.351. The number of aromatic nitrogens is 1. The van der Waals surface area contributed by atoms with Crippen LogP contribution in [0.3, 0.4) is 0 Å². The smallest absolute Gasteiger partial charge is 0.354 e. The number of hydrogen-bond donors (Lipinski definition) is 2. The molecule has 5 heteroatoms. The summed E-state index contributed by atoms with van der Waals surface area (Å²) in [5, 5.41) is 4.28. The Hall–Kier alpha value is -2.95. The highest BCUT2D eigenvalue weighted by Crippen LogP contribution is 2.28. The number of hydrogen-bond acceptors (Lipinski definition) is 4. The molecule has 0 saturated heterocycles. The number of methoxy groups -OCH3 is 1. The summed E-state index contributed by atoms with van der Waals surface area (Å²) in [5.41, 5.74) is 3.14. The van der Waals surface area contributed by atoms with Crippen molar-refractivity contribution in [2.45, 2.75) is 6.92 Å². The second-order valence-electron chi connectivity index (χ2n) is 5.03. The fourth-order valence-corrected chi connectivity index (χ4v) is 2.44. The van der Waals surface area contributed by atoms with E-state index in [0.29, 0.717) is 12.3 Å². The van der Waals surface area contributed by atoms with Gasteiger partial charge in [0.05, 0.1) is 13.7 Å². The van der Waals surface area contributed by atoms with Gasteiger partial charge in [-0.2, -0.15) is 0 Å². The quantitative estimate of drug-likeness (QED) is 0.697. The Morgan fingerprint density at radius 1 is 1.17 bits per heavy atom. The van der Waals surface area contributed by atoms with E-state index in [4.69, 9.17) is 9.47 Å². The highest BCUT2D eigenvalue weighted by atomic mass is 16.5. The van der Waals surface area contributed by atoms with Gasteiger partial charge in [0.1, 0.15) is 11.4 Å². The fraction of sp³-hybridized carbons (Fsp3) is 0.167. The SMILES string of the molecule is CCOC(=O)c1cc2c(Nc3cccc(OC)c3)cccc2[nH]1. The third-order valence-corrected chi connectivity index (χ3v) is 3.51. The molecule has 0 aliphatic carbocycles. The second-order valence-corrected chi connectivity index (χ2v) is 5.03. The Labute approximate surface area is 134 Å². The minimum Gasteiger partial charge on any atom is -0.497 e. The van der Waals surface area contributed by atoms with Crippen LogP contribution < -0.4 is 10.1 Å². The van der Waals surface area contributed by atoms with Gasteiger partial charge in [0.15, 0.2) is 0 Å². The highest BCUT2D eigenvalue weighted by molar-refractivity contribution is 6.00. The fourth-order valence-electron chi connectivity index (χ4n) is 2.44. The van der Waals surface area contributed by atoms with Gasteiger partial charge in [-0.15, -0.1) is 0 Å². The van der Waals surface area contributed by atoms with Crippen LogP contribution in [0.25, 0.3) is 10.9 Å². The van der Waals surface area contributed by atoms with Gasteiger partial charge < -0.3 is 19.8 Å². The summed E-state index contributed by atoms with van der Waals surface area (Å²) in [7, 11) is 1.64. The van der Waals surface area contributed by atoms with Gasteiger partial charge in [0, 0.05) is 28.3 Å². The van der Waals surface area contributed by atoms with Crippen LogP contribution in [0.15, 0.2) is 48.5 Å². The van der Waals surface area contributed by atoms with Crippen LogP contribution in [0.5, 0.6) is 5.75 Å². The first kappa shape index (κ1) is 15.0. The summed E-state index contributed by atoms with van der Waals surface area (Å²) in [6.07, 6.45) is 0. The number of anilines is 2. The Kier molecular flexibility index (Phi) is 4.19. The van der Waals surface area contributed by atoms with Crippen molar-refractivity contribution in [2.75, 3.05) is 19.0 Å². The molecular formula is C18H18N2O3. The van der Waals surface area contributed by atoms with E-state index in [0.717, 1.165) is 28.0 Å². The van der Waals surface area contributed by atoms with E-state index < -0.39 is 0 Å². The van der Waals surface area contributed by atoms with Crippen LogP contribution in [0.4, 0.5) is 11.4 Å². The number of nitrogens with one attached hydrogen (secondary N) is 2. The van der Waals surface area contributed by atoms with Crippen LogP contribution in [-0.2, 0) is 4.74 Å². The summed E-state index contributed by atoms with van der Waals surface area (Å²) in [6, 6.07) is 15.3. The number of carbonyl (C=O) groups excluding carboxylic acids is 1. The molecule has 0 saturated carbocycles. The molecule has 5 nitrogen and oxygen atoms in total. The second kappa shape index (κ2) is 6.44. The molecule has 0 unspecified atom stereocenters. The van der Waals surface area contributed by atoms with Crippen molar-refractivity contribution in [3.63, 3.8) is 0 Å². The van der Waals surface area contributed by atoms with E-state index in [1.807, 2.05) is 42.5 Å². The Bertz CT molecular complexity index is 839. The summed E-state index contributed by atoms with van der Waals surface area (Å²) in [4.78, 5) is 15.0.